The molecular weight excluding hydrogens is 352 g/mol. The fraction of sp³-hybridized carbons (Fsp3) is 0.368. The van der Waals surface area contributed by atoms with Gasteiger partial charge in [-0.1, -0.05) is 19.1 Å². The van der Waals surface area contributed by atoms with Crippen LogP contribution in [0.4, 0.5) is 0 Å². The summed E-state index contributed by atoms with van der Waals surface area (Å²) in [6.07, 6.45) is 1.37. The number of aromatic nitrogens is 1. The summed E-state index contributed by atoms with van der Waals surface area (Å²) in [6, 6.07) is 10.8. The zero-order valence-electron chi connectivity index (χ0n) is 15.3. The molecule has 0 aliphatic carbocycles. The molecule has 0 amide bonds. The van der Waals surface area contributed by atoms with Crippen LogP contribution in [-0.2, 0) is 32.4 Å². The van der Waals surface area contributed by atoms with E-state index < -0.39 is 10.0 Å². The second-order valence-corrected chi connectivity index (χ2v) is 7.56. The molecule has 0 aliphatic heterocycles. The molecule has 2 rings (SSSR count). The van der Waals surface area contributed by atoms with Crippen molar-refractivity contribution in [2.45, 2.75) is 38.0 Å². The van der Waals surface area contributed by atoms with Gasteiger partial charge in [0.2, 0.25) is 10.0 Å². The molecule has 0 saturated heterocycles. The van der Waals surface area contributed by atoms with Crippen molar-refractivity contribution in [2.75, 3.05) is 13.7 Å². The number of hydrogen-bond acceptors (Lipinski definition) is 5. The first kappa shape index (κ1) is 20.1. The maximum Gasteiger partial charge on any atom is 0.306 e. The lowest BCUT2D eigenvalue weighted by atomic mass is 10.1. The van der Waals surface area contributed by atoms with E-state index in [0.29, 0.717) is 19.4 Å². The molecule has 0 radical (unpaired) electrons. The normalized spacial score (nSPS) is 11.3. The fourth-order valence-electron chi connectivity index (χ4n) is 2.63. The zero-order valence-corrected chi connectivity index (χ0v) is 16.1. The van der Waals surface area contributed by atoms with Crippen LogP contribution in [0.1, 0.15) is 31.5 Å². The van der Waals surface area contributed by atoms with E-state index in [0.717, 1.165) is 22.5 Å². The topological polar surface area (TPSA) is 85.4 Å². The average Bonchev–Trinajstić information content (AvgIpc) is 2.66. The lowest BCUT2D eigenvalue weighted by Gasteiger charge is -2.11. The second-order valence-electron chi connectivity index (χ2n) is 5.70. The highest BCUT2D eigenvalue weighted by Gasteiger charge is 2.16. The molecule has 1 heterocycles. The summed E-state index contributed by atoms with van der Waals surface area (Å²) < 4.78 is 31.5. The monoisotopic (exact) mass is 376 g/mol. The number of carbonyl (C=O) groups is 1. The Bertz CT molecular complexity index is 879. The second kappa shape index (κ2) is 8.91. The Hall–Kier alpha value is -2.25. The van der Waals surface area contributed by atoms with E-state index in [1.807, 2.05) is 31.2 Å². The van der Waals surface area contributed by atoms with Crippen molar-refractivity contribution in [3.63, 3.8) is 0 Å². The van der Waals surface area contributed by atoms with Gasteiger partial charge in [-0.05, 0) is 50.2 Å². The summed E-state index contributed by atoms with van der Waals surface area (Å²) >= 11 is 0. The molecule has 1 N–H and O–H groups in total. The molecule has 0 aliphatic rings. The molecule has 7 heteroatoms. The average molecular weight is 376 g/mol. The number of nitrogens with one attached hydrogen (secondary N) is 1. The summed E-state index contributed by atoms with van der Waals surface area (Å²) in [7, 11) is -2.09. The van der Waals surface area contributed by atoms with Crippen LogP contribution >= 0.6 is 0 Å². The van der Waals surface area contributed by atoms with E-state index in [1.54, 1.807) is 19.1 Å². The van der Waals surface area contributed by atoms with Crippen molar-refractivity contribution < 1.29 is 17.9 Å². The Balaban J connectivity index is 2.28. The van der Waals surface area contributed by atoms with Crippen LogP contribution in [0.5, 0.6) is 0 Å². The fourth-order valence-corrected chi connectivity index (χ4v) is 3.65. The smallest absolute Gasteiger partial charge is 0.306 e. The van der Waals surface area contributed by atoms with Crippen molar-refractivity contribution >= 4 is 16.0 Å². The minimum absolute atomic E-state index is 0.241. The largest absolute Gasteiger partial charge is 0.466 e. The molecule has 1 aromatic carbocycles. The Labute approximate surface area is 154 Å². The van der Waals surface area contributed by atoms with Gasteiger partial charge in [-0.25, -0.2) is 13.1 Å². The minimum Gasteiger partial charge on any atom is -0.466 e. The maximum absolute atomic E-state index is 12.1. The SMILES string of the molecule is CCOC(=O)CCc1cccc(-c2ccc(S(=O)(=O)NC)c(CC)c2)n1. The van der Waals surface area contributed by atoms with Crippen LogP contribution in [0.3, 0.4) is 0 Å². The Morgan fingerprint density at radius 2 is 1.96 bits per heavy atom. The van der Waals surface area contributed by atoms with Crippen LogP contribution in [-0.4, -0.2) is 33.0 Å². The summed E-state index contributed by atoms with van der Waals surface area (Å²) in [6.45, 7) is 4.06. The van der Waals surface area contributed by atoms with Crippen LogP contribution in [0, 0.1) is 0 Å². The number of benzene rings is 1. The highest BCUT2D eigenvalue weighted by Crippen LogP contribution is 2.24. The summed E-state index contributed by atoms with van der Waals surface area (Å²) in [5.41, 5.74) is 3.11. The number of sulfonamides is 1. The van der Waals surface area contributed by atoms with Crippen LogP contribution < -0.4 is 4.72 Å². The Morgan fingerprint density at radius 3 is 2.62 bits per heavy atom. The van der Waals surface area contributed by atoms with Gasteiger partial charge in [0, 0.05) is 17.7 Å². The summed E-state index contributed by atoms with van der Waals surface area (Å²) in [4.78, 5) is 16.4. The number of carbonyl (C=O) groups excluding carboxylic acids is 1. The van der Waals surface area contributed by atoms with E-state index in [1.165, 1.54) is 7.05 Å². The Kier molecular flexibility index (Phi) is 6.88. The molecule has 0 fully saturated rings. The molecule has 0 spiro atoms. The molecule has 6 nitrogen and oxygen atoms in total. The molecule has 0 unspecified atom stereocenters. The first-order chi connectivity index (χ1) is 12.4. The first-order valence-corrected chi connectivity index (χ1v) is 10.1. The molecular formula is C19H24N2O4S. The van der Waals surface area contributed by atoms with E-state index in [-0.39, 0.29) is 17.3 Å². The number of aryl methyl sites for hydroxylation is 2. The van der Waals surface area contributed by atoms with E-state index in [9.17, 15) is 13.2 Å². The highest BCUT2D eigenvalue weighted by molar-refractivity contribution is 7.89. The summed E-state index contributed by atoms with van der Waals surface area (Å²) in [5, 5.41) is 0. The third-order valence-corrected chi connectivity index (χ3v) is 5.51. The van der Waals surface area contributed by atoms with Gasteiger partial charge in [0.1, 0.15) is 0 Å². The standard InChI is InChI=1S/C19H24N2O4S/c1-4-14-13-15(9-11-18(14)26(23,24)20-3)17-8-6-7-16(21-17)10-12-19(22)25-5-2/h6-9,11,13,20H,4-5,10,12H2,1-3H3. The van der Waals surface area contributed by atoms with E-state index >= 15 is 0 Å². The van der Waals surface area contributed by atoms with Crippen LogP contribution in [0.2, 0.25) is 0 Å². The van der Waals surface area contributed by atoms with E-state index in [2.05, 4.69) is 9.71 Å². The number of rotatable bonds is 8. The molecule has 0 saturated carbocycles. The van der Waals surface area contributed by atoms with Crippen LogP contribution in [0.25, 0.3) is 11.3 Å². The lowest BCUT2D eigenvalue weighted by molar-refractivity contribution is -0.143. The Morgan fingerprint density at radius 1 is 1.19 bits per heavy atom. The van der Waals surface area contributed by atoms with Gasteiger partial charge in [-0.15, -0.1) is 0 Å². The molecule has 0 atom stereocenters. The molecule has 1 aromatic heterocycles. The highest BCUT2D eigenvalue weighted by atomic mass is 32.2. The predicted octanol–water partition coefficient (Wildman–Crippen LogP) is 2.71. The van der Waals surface area contributed by atoms with Gasteiger partial charge in [0.05, 0.1) is 23.6 Å². The number of ether oxygens (including phenoxy) is 1. The molecule has 0 bridgehead atoms. The van der Waals surface area contributed by atoms with Gasteiger partial charge in [0.15, 0.2) is 0 Å². The number of nitrogens with zero attached hydrogens (tertiary/aromatic N) is 1. The van der Waals surface area contributed by atoms with E-state index in [4.69, 9.17) is 4.74 Å². The minimum atomic E-state index is -3.49. The molecule has 2 aromatic rings. The number of esters is 1. The van der Waals surface area contributed by atoms with Gasteiger partial charge < -0.3 is 4.74 Å². The lowest BCUT2D eigenvalue weighted by Crippen LogP contribution is -2.20. The van der Waals surface area contributed by atoms with Crippen molar-refractivity contribution in [3.05, 3.63) is 47.7 Å². The number of pyridine rings is 1. The van der Waals surface area contributed by atoms with Gasteiger partial charge >= 0.3 is 5.97 Å². The molecule has 26 heavy (non-hydrogen) atoms. The van der Waals surface area contributed by atoms with Gasteiger partial charge in [0.25, 0.3) is 0 Å². The van der Waals surface area contributed by atoms with Crippen molar-refractivity contribution in [2.24, 2.45) is 0 Å². The predicted molar refractivity (Wildman–Crippen MR) is 100 cm³/mol. The van der Waals surface area contributed by atoms with Crippen molar-refractivity contribution in [3.8, 4) is 11.3 Å². The summed E-state index contributed by atoms with van der Waals surface area (Å²) in [5.74, 6) is -0.241. The van der Waals surface area contributed by atoms with Gasteiger partial charge in [-0.3, -0.25) is 9.78 Å². The third-order valence-electron chi connectivity index (χ3n) is 3.99. The first-order valence-electron chi connectivity index (χ1n) is 8.59. The van der Waals surface area contributed by atoms with Crippen LogP contribution in [0.15, 0.2) is 41.3 Å². The maximum atomic E-state index is 12.1. The zero-order chi connectivity index (χ0) is 19.2. The third kappa shape index (κ3) is 4.89. The quantitative estimate of drug-likeness (QED) is 0.716. The van der Waals surface area contributed by atoms with Crippen molar-refractivity contribution in [1.82, 2.24) is 9.71 Å². The molecule has 140 valence electrons. The van der Waals surface area contributed by atoms with Gasteiger partial charge in [-0.2, -0.15) is 0 Å². The van der Waals surface area contributed by atoms with Crippen molar-refractivity contribution in [1.29, 1.82) is 0 Å². The number of hydrogen-bond donors (Lipinski definition) is 1.